The molecule has 0 bridgehead atoms. The van der Waals surface area contributed by atoms with Gasteiger partial charge in [0.15, 0.2) is 0 Å². The van der Waals surface area contributed by atoms with Crippen LogP contribution in [0.1, 0.15) is 5.56 Å². The quantitative estimate of drug-likeness (QED) is 0.692. The highest BCUT2D eigenvalue weighted by molar-refractivity contribution is 9.09. The predicted molar refractivity (Wildman–Crippen MR) is 48.9 cm³/mol. The van der Waals surface area contributed by atoms with Gasteiger partial charge in [-0.15, -0.1) is 0 Å². The fraction of sp³-hybridized carbons (Fsp3) is 0.250. The zero-order chi connectivity index (χ0) is 8.27. The topological polar surface area (TPSA) is 0 Å². The van der Waals surface area contributed by atoms with Crippen molar-refractivity contribution in [3.63, 3.8) is 0 Å². The second-order valence-electron chi connectivity index (χ2n) is 2.17. The molecule has 3 heteroatoms. The standard InChI is InChI=1S/C8H7BrClF/c9-4-3-6-5-7(11)1-2-8(6)10/h1-2,5H,3-4H2. The summed E-state index contributed by atoms with van der Waals surface area (Å²) in [5.74, 6) is -0.231. The molecule has 0 amide bonds. The normalized spacial score (nSPS) is 10.1. The molecule has 0 heterocycles. The highest BCUT2D eigenvalue weighted by Gasteiger charge is 1.99. The Bertz CT molecular complexity index is 250. The van der Waals surface area contributed by atoms with Crippen LogP contribution in [0.15, 0.2) is 18.2 Å². The monoisotopic (exact) mass is 236 g/mol. The molecule has 0 aliphatic rings. The third-order valence-corrected chi connectivity index (χ3v) is 2.14. The number of benzene rings is 1. The minimum absolute atomic E-state index is 0.231. The molecular formula is C8H7BrClF. The lowest BCUT2D eigenvalue weighted by molar-refractivity contribution is 0.626. The van der Waals surface area contributed by atoms with Crippen LogP contribution in [0.5, 0.6) is 0 Å². The molecule has 0 radical (unpaired) electrons. The average Bonchev–Trinajstić information content (AvgIpc) is 1.98. The van der Waals surface area contributed by atoms with E-state index in [0.29, 0.717) is 5.02 Å². The summed E-state index contributed by atoms with van der Waals surface area (Å²) in [6.07, 6.45) is 0.761. The predicted octanol–water partition coefficient (Wildman–Crippen LogP) is 3.42. The van der Waals surface area contributed by atoms with Crippen LogP contribution in [-0.4, -0.2) is 5.33 Å². The summed E-state index contributed by atoms with van der Waals surface area (Å²) < 4.78 is 12.6. The number of rotatable bonds is 2. The number of hydrogen-bond acceptors (Lipinski definition) is 0. The van der Waals surface area contributed by atoms with E-state index in [4.69, 9.17) is 11.6 Å². The van der Waals surface area contributed by atoms with Crippen LogP contribution in [0.3, 0.4) is 0 Å². The second kappa shape index (κ2) is 4.07. The molecule has 0 atom stereocenters. The van der Waals surface area contributed by atoms with E-state index in [1.807, 2.05) is 0 Å². The Hall–Kier alpha value is -0.0800. The fourth-order valence-electron chi connectivity index (χ4n) is 0.837. The van der Waals surface area contributed by atoms with E-state index >= 15 is 0 Å². The van der Waals surface area contributed by atoms with Gasteiger partial charge >= 0.3 is 0 Å². The number of halogens is 3. The fourth-order valence-corrected chi connectivity index (χ4v) is 1.48. The van der Waals surface area contributed by atoms with Crippen LogP contribution in [0.25, 0.3) is 0 Å². The molecule has 0 aliphatic carbocycles. The summed E-state index contributed by atoms with van der Waals surface area (Å²) in [6, 6.07) is 4.40. The highest BCUT2D eigenvalue weighted by Crippen LogP contribution is 2.17. The molecule has 0 aliphatic heterocycles. The maximum absolute atomic E-state index is 12.6. The van der Waals surface area contributed by atoms with Crippen molar-refractivity contribution in [3.05, 3.63) is 34.6 Å². The van der Waals surface area contributed by atoms with Gasteiger partial charge in [0.05, 0.1) is 0 Å². The van der Waals surface area contributed by atoms with Crippen LogP contribution in [0.2, 0.25) is 5.02 Å². The van der Waals surface area contributed by atoms with Crippen molar-refractivity contribution in [3.8, 4) is 0 Å². The van der Waals surface area contributed by atoms with Gasteiger partial charge in [-0.2, -0.15) is 0 Å². The molecule has 60 valence electrons. The first kappa shape index (κ1) is 9.01. The van der Waals surface area contributed by atoms with Gasteiger partial charge in [-0.1, -0.05) is 27.5 Å². The SMILES string of the molecule is Fc1ccc(Cl)c(CCBr)c1. The Morgan fingerprint density at radius 3 is 2.82 bits per heavy atom. The van der Waals surface area contributed by atoms with Gasteiger partial charge in [0.25, 0.3) is 0 Å². The van der Waals surface area contributed by atoms with Crippen molar-refractivity contribution in [2.45, 2.75) is 6.42 Å². The Morgan fingerprint density at radius 1 is 1.45 bits per heavy atom. The Kier molecular flexibility index (Phi) is 3.34. The lowest BCUT2D eigenvalue weighted by atomic mass is 10.2. The molecular weight excluding hydrogens is 230 g/mol. The molecule has 0 saturated heterocycles. The second-order valence-corrected chi connectivity index (χ2v) is 3.37. The molecule has 0 nitrogen and oxygen atoms in total. The van der Waals surface area contributed by atoms with Gasteiger partial charge in [-0.3, -0.25) is 0 Å². The van der Waals surface area contributed by atoms with Crippen molar-refractivity contribution >= 4 is 27.5 Å². The molecule has 0 fully saturated rings. The Labute approximate surface area is 78.5 Å². The van der Waals surface area contributed by atoms with Crippen molar-refractivity contribution in [1.29, 1.82) is 0 Å². The minimum atomic E-state index is -0.231. The van der Waals surface area contributed by atoms with E-state index < -0.39 is 0 Å². The maximum atomic E-state index is 12.6. The lowest BCUT2D eigenvalue weighted by Gasteiger charge is -2.00. The molecule has 1 aromatic rings. The van der Waals surface area contributed by atoms with E-state index in [9.17, 15) is 4.39 Å². The summed E-state index contributed by atoms with van der Waals surface area (Å²) in [4.78, 5) is 0. The van der Waals surface area contributed by atoms with E-state index in [2.05, 4.69) is 15.9 Å². The molecule has 11 heavy (non-hydrogen) atoms. The van der Waals surface area contributed by atoms with Gasteiger partial charge in [0.2, 0.25) is 0 Å². The number of hydrogen-bond donors (Lipinski definition) is 0. The van der Waals surface area contributed by atoms with Crippen LogP contribution >= 0.6 is 27.5 Å². The van der Waals surface area contributed by atoms with Crippen LogP contribution < -0.4 is 0 Å². The van der Waals surface area contributed by atoms with E-state index in [1.165, 1.54) is 12.1 Å². The van der Waals surface area contributed by atoms with Crippen LogP contribution in [0.4, 0.5) is 4.39 Å². The summed E-state index contributed by atoms with van der Waals surface area (Å²) >= 11 is 9.05. The summed E-state index contributed by atoms with van der Waals surface area (Å²) in [7, 11) is 0. The number of alkyl halides is 1. The minimum Gasteiger partial charge on any atom is -0.207 e. The van der Waals surface area contributed by atoms with Gasteiger partial charge in [-0.25, -0.2) is 4.39 Å². The molecule has 1 aromatic carbocycles. The van der Waals surface area contributed by atoms with Crippen molar-refractivity contribution < 1.29 is 4.39 Å². The smallest absolute Gasteiger partial charge is 0.123 e. The highest BCUT2D eigenvalue weighted by atomic mass is 79.9. The van der Waals surface area contributed by atoms with Crippen LogP contribution in [-0.2, 0) is 6.42 Å². The third kappa shape index (κ3) is 2.46. The Balaban J connectivity index is 2.93. The van der Waals surface area contributed by atoms with Gasteiger partial charge < -0.3 is 0 Å². The molecule has 0 spiro atoms. The van der Waals surface area contributed by atoms with E-state index in [1.54, 1.807) is 6.07 Å². The molecule has 1 rings (SSSR count). The summed E-state index contributed by atoms with van der Waals surface area (Å²) in [5, 5.41) is 1.43. The van der Waals surface area contributed by atoms with Crippen molar-refractivity contribution in [2.75, 3.05) is 5.33 Å². The first-order chi connectivity index (χ1) is 5.24. The van der Waals surface area contributed by atoms with Gasteiger partial charge in [0.1, 0.15) is 5.82 Å². The maximum Gasteiger partial charge on any atom is 0.123 e. The molecule has 0 aromatic heterocycles. The molecule has 0 saturated carbocycles. The number of aryl methyl sites for hydroxylation is 1. The molecule has 0 unspecified atom stereocenters. The summed E-state index contributed by atoms with van der Waals surface area (Å²) in [5.41, 5.74) is 0.851. The summed E-state index contributed by atoms with van der Waals surface area (Å²) in [6.45, 7) is 0. The molecule has 0 N–H and O–H groups in total. The zero-order valence-electron chi connectivity index (χ0n) is 5.78. The van der Waals surface area contributed by atoms with Crippen molar-refractivity contribution in [2.24, 2.45) is 0 Å². The van der Waals surface area contributed by atoms with Gasteiger partial charge in [-0.05, 0) is 30.2 Å². The van der Waals surface area contributed by atoms with E-state index in [0.717, 1.165) is 17.3 Å². The zero-order valence-corrected chi connectivity index (χ0v) is 8.12. The lowest BCUT2D eigenvalue weighted by Crippen LogP contribution is -1.88. The Morgan fingerprint density at radius 2 is 2.18 bits per heavy atom. The first-order valence-corrected chi connectivity index (χ1v) is 4.74. The van der Waals surface area contributed by atoms with E-state index in [-0.39, 0.29) is 5.82 Å². The third-order valence-electron chi connectivity index (χ3n) is 1.37. The van der Waals surface area contributed by atoms with Crippen molar-refractivity contribution in [1.82, 2.24) is 0 Å². The van der Waals surface area contributed by atoms with Crippen LogP contribution in [0, 0.1) is 5.82 Å². The first-order valence-electron chi connectivity index (χ1n) is 3.24. The largest absolute Gasteiger partial charge is 0.207 e. The average molecular weight is 237 g/mol. The van der Waals surface area contributed by atoms with Gasteiger partial charge in [0, 0.05) is 10.4 Å².